The molecule has 9 heteroatoms. The Labute approximate surface area is 179 Å². The van der Waals surface area contributed by atoms with Gasteiger partial charge >= 0.3 is 0 Å². The van der Waals surface area contributed by atoms with Crippen LogP contribution in [-0.4, -0.2) is 42.2 Å². The van der Waals surface area contributed by atoms with Crippen molar-refractivity contribution in [1.29, 1.82) is 0 Å². The van der Waals surface area contributed by atoms with E-state index in [1.807, 2.05) is 36.4 Å². The van der Waals surface area contributed by atoms with E-state index in [-0.39, 0.29) is 30.9 Å². The van der Waals surface area contributed by atoms with Crippen LogP contribution in [0.25, 0.3) is 0 Å². The van der Waals surface area contributed by atoms with Gasteiger partial charge in [0.15, 0.2) is 5.69 Å². The largest absolute Gasteiger partial charge is 0.497 e. The molecule has 2 aromatic carbocycles. The summed E-state index contributed by atoms with van der Waals surface area (Å²) in [6, 6.07) is 13.1. The lowest BCUT2D eigenvalue weighted by atomic mass is 10.1. The Morgan fingerprint density at radius 2 is 1.84 bits per heavy atom. The molecule has 31 heavy (non-hydrogen) atoms. The molecular weight excluding hydrogens is 400 g/mol. The molecule has 0 aliphatic carbocycles. The van der Waals surface area contributed by atoms with Crippen molar-refractivity contribution < 1.29 is 23.7 Å². The van der Waals surface area contributed by atoms with Crippen LogP contribution < -0.4 is 19.5 Å². The second-order valence-corrected chi connectivity index (χ2v) is 7.00. The van der Waals surface area contributed by atoms with Crippen molar-refractivity contribution in [2.24, 2.45) is 0 Å². The number of carbonyl (C=O) groups is 1. The summed E-state index contributed by atoms with van der Waals surface area (Å²) in [5.41, 5.74) is 2.76. The van der Waals surface area contributed by atoms with Gasteiger partial charge in [0.25, 0.3) is 5.91 Å². The Morgan fingerprint density at radius 1 is 1.10 bits per heavy atom. The predicted octanol–water partition coefficient (Wildman–Crippen LogP) is 2.51. The Bertz CT molecular complexity index is 1060. The first-order valence-electron chi connectivity index (χ1n) is 9.80. The number of hydrogen-bond donors (Lipinski definition) is 1. The maximum absolute atomic E-state index is 12.7. The molecule has 0 saturated heterocycles. The van der Waals surface area contributed by atoms with Gasteiger partial charge in [-0.1, -0.05) is 17.3 Å². The van der Waals surface area contributed by atoms with E-state index in [2.05, 4.69) is 15.6 Å². The van der Waals surface area contributed by atoms with E-state index < -0.39 is 0 Å². The highest BCUT2D eigenvalue weighted by atomic mass is 16.5. The summed E-state index contributed by atoms with van der Waals surface area (Å²) in [7, 11) is 4.80. The van der Waals surface area contributed by atoms with E-state index in [0.29, 0.717) is 23.7 Å². The number of carbonyl (C=O) groups excluding carboxylic acids is 1. The quantitative estimate of drug-likeness (QED) is 0.622. The van der Waals surface area contributed by atoms with E-state index in [4.69, 9.17) is 18.9 Å². The van der Waals surface area contributed by atoms with Crippen LogP contribution in [0.3, 0.4) is 0 Å². The van der Waals surface area contributed by atoms with Crippen LogP contribution in [0.1, 0.15) is 33.4 Å². The third-order valence-corrected chi connectivity index (χ3v) is 5.23. The van der Waals surface area contributed by atoms with Crippen LogP contribution in [0.5, 0.6) is 17.2 Å². The minimum Gasteiger partial charge on any atom is -0.497 e. The summed E-state index contributed by atoms with van der Waals surface area (Å²) in [4.78, 5) is 12.7. The molecule has 0 spiro atoms. The highest BCUT2D eigenvalue weighted by molar-refractivity contribution is 5.93. The molecule has 1 N–H and O–H groups in total. The summed E-state index contributed by atoms with van der Waals surface area (Å²) in [5, 5.41) is 11.1. The molecule has 2 heterocycles. The summed E-state index contributed by atoms with van der Waals surface area (Å²) < 4.78 is 23.5. The van der Waals surface area contributed by atoms with Crippen molar-refractivity contribution >= 4 is 5.91 Å². The fourth-order valence-corrected chi connectivity index (χ4v) is 3.47. The van der Waals surface area contributed by atoms with Gasteiger partial charge in [-0.05, 0) is 29.8 Å². The van der Waals surface area contributed by atoms with Crippen LogP contribution in [0.15, 0.2) is 42.5 Å². The lowest BCUT2D eigenvalue weighted by Gasteiger charge is -2.24. The molecule has 9 nitrogen and oxygen atoms in total. The molecule has 1 aliphatic heterocycles. The zero-order valence-corrected chi connectivity index (χ0v) is 17.6. The second-order valence-electron chi connectivity index (χ2n) is 7.00. The van der Waals surface area contributed by atoms with Gasteiger partial charge in [0.05, 0.1) is 40.2 Å². The minimum absolute atomic E-state index is 0.167. The zero-order valence-electron chi connectivity index (χ0n) is 17.6. The van der Waals surface area contributed by atoms with Gasteiger partial charge < -0.3 is 24.3 Å². The highest BCUT2D eigenvalue weighted by Crippen LogP contribution is 2.28. The maximum atomic E-state index is 12.7. The highest BCUT2D eigenvalue weighted by Gasteiger charge is 2.27. The molecule has 1 unspecified atom stereocenters. The topological polar surface area (TPSA) is 96.7 Å². The number of benzene rings is 2. The van der Waals surface area contributed by atoms with E-state index in [0.717, 1.165) is 16.9 Å². The average Bonchev–Trinajstić information content (AvgIpc) is 3.26. The van der Waals surface area contributed by atoms with E-state index in [1.165, 1.54) is 0 Å². The molecule has 1 amide bonds. The van der Waals surface area contributed by atoms with Crippen LogP contribution in [0.2, 0.25) is 0 Å². The molecule has 1 atom stereocenters. The summed E-state index contributed by atoms with van der Waals surface area (Å²) >= 11 is 0. The van der Waals surface area contributed by atoms with Crippen molar-refractivity contribution in [2.45, 2.75) is 25.8 Å². The lowest BCUT2D eigenvalue weighted by molar-refractivity contribution is -0.00179. The number of ether oxygens (including phenoxy) is 4. The van der Waals surface area contributed by atoms with Gasteiger partial charge in [-0.15, -0.1) is 5.10 Å². The van der Waals surface area contributed by atoms with Crippen molar-refractivity contribution in [3.8, 4) is 17.2 Å². The Morgan fingerprint density at radius 3 is 2.55 bits per heavy atom. The number of rotatable bonds is 7. The number of nitrogens with zero attached hydrogens (tertiary/aromatic N) is 3. The molecule has 0 bridgehead atoms. The third-order valence-electron chi connectivity index (χ3n) is 5.23. The number of aromatic nitrogens is 3. The normalized spacial score (nSPS) is 15.1. The Balaban J connectivity index is 1.43. The van der Waals surface area contributed by atoms with Gasteiger partial charge in [0.2, 0.25) is 0 Å². The van der Waals surface area contributed by atoms with Gasteiger partial charge in [0, 0.05) is 18.2 Å². The number of hydrogen-bond acceptors (Lipinski definition) is 7. The monoisotopic (exact) mass is 424 g/mol. The lowest BCUT2D eigenvalue weighted by Crippen LogP contribution is -2.27. The van der Waals surface area contributed by atoms with Gasteiger partial charge in [0.1, 0.15) is 23.4 Å². The fraction of sp³-hybridized carbons (Fsp3) is 0.318. The molecule has 0 radical (unpaired) electrons. The minimum atomic E-state index is -0.314. The summed E-state index contributed by atoms with van der Waals surface area (Å²) in [6.45, 7) is 1.01. The van der Waals surface area contributed by atoms with Gasteiger partial charge in [-0.2, -0.15) is 0 Å². The van der Waals surface area contributed by atoms with Crippen molar-refractivity contribution in [3.63, 3.8) is 0 Å². The molecule has 4 rings (SSSR count). The molecular formula is C22H24N4O5. The Kier molecular flexibility index (Phi) is 6.03. The molecule has 0 fully saturated rings. The zero-order chi connectivity index (χ0) is 21.8. The fourth-order valence-electron chi connectivity index (χ4n) is 3.47. The molecule has 1 aromatic heterocycles. The van der Waals surface area contributed by atoms with E-state index in [1.54, 1.807) is 32.1 Å². The maximum Gasteiger partial charge on any atom is 0.274 e. The predicted molar refractivity (Wildman–Crippen MR) is 111 cm³/mol. The SMILES string of the molecule is COc1ccc(C2Cn3nnc(C(=O)NCc4ccc(OC)cc4OC)c3CO2)cc1. The van der Waals surface area contributed by atoms with Crippen molar-refractivity contribution in [3.05, 3.63) is 65.0 Å². The smallest absolute Gasteiger partial charge is 0.274 e. The first kappa shape index (κ1) is 20.7. The van der Waals surface area contributed by atoms with Crippen molar-refractivity contribution in [2.75, 3.05) is 21.3 Å². The molecule has 0 saturated carbocycles. The third kappa shape index (κ3) is 4.31. The first-order chi connectivity index (χ1) is 15.1. The van der Waals surface area contributed by atoms with E-state index in [9.17, 15) is 4.79 Å². The molecule has 3 aromatic rings. The standard InChI is InChI=1S/C22H24N4O5/c1-28-16-7-4-14(5-8-16)20-12-26-18(13-31-20)21(24-25-26)22(27)23-11-15-6-9-17(29-2)10-19(15)30-3/h4-10,20H,11-13H2,1-3H3,(H,23,27). The second kappa shape index (κ2) is 9.05. The number of amides is 1. The first-order valence-corrected chi connectivity index (χ1v) is 9.80. The van der Waals surface area contributed by atoms with Gasteiger partial charge in [-0.25, -0.2) is 4.68 Å². The van der Waals surface area contributed by atoms with Gasteiger partial charge in [-0.3, -0.25) is 4.79 Å². The van der Waals surface area contributed by atoms with E-state index >= 15 is 0 Å². The molecule has 1 aliphatic rings. The van der Waals surface area contributed by atoms with Crippen LogP contribution in [0, 0.1) is 0 Å². The average molecular weight is 424 g/mol. The number of methoxy groups -OCH3 is 3. The number of nitrogens with one attached hydrogen (secondary N) is 1. The summed E-state index contributed by atoms with van der Waals surface area (Å²) in [5.74, 6) is 1.79. The van der Waals surface area contributed by atoms with Crippen LogP contribution in [-0.2, 0) is 24.4 Å². The van der Waals surface area contributed by atoms with Crippen molar-refractivity contribution in [1.82, 2.24) is 20.3 Å². The molecule has 162 valence electrons. The summed E-state index contributed by atoms with van der Waals surface area (Å²) in [6.07, 6.45) is -0.167. The number of fused-ring (bicyclic) bond motifs is 1. The Hall–Kier alpha value is -3.59. The van der Waals surface area contributed by atoms with Crippen LogP contribution >= 0.6 is 0 Å². The van der Waals surface area contributed by atoms with Crippen LogP contribution in [0.4, 0.5) is 0 Å².